The maximum absolute atomic E-state index is 12.6. The Hall–Kier alpha value is -1.91. The number of amides is 1. The Morgan fingerprint density at radius 2 is 1.91 bits per heavy atom. The molecule has 2 aromatic carbocycles. The van der Waals surface area contributed by atoms with Crippen molar-refractivity contribution in [3.63, 3.8) is 0 Å². The molecule has 1 fully saturated rings. The fourth-order valence-corrected chi connectivity index (χ4v) is 3.21. The van der Waals surface area contributed by atoms with Gasteiger partial charge in [0.05, 0.1) is 6.61 Å². The van der Waals surface area contributed by atoms with Crippen LogP contribution in [0.4, 0.5) is 0 Å². The first-order chi connectivity index (χ1) is 11.3. The van der Waals surface area contributed by atoms with Crippen LogP contribution < -0.4 is 5.32 Å². The molecule has 0 aliphatic carbocycles. The summed E-state index contributed by atoms with van der Waals surface area (Å²) in [6.45, 7) is 3.78. The van der Waals surface area contributed by atoms with Crippen molar-refractivity contribution in [1.29, 1.82) is 0 Å². The largest absolute Gasteiger partial charge is 0.383 e. The zero-order chi connectivity index (χ0) is 16.1. The number of methoxy groups -OCH3 is 1. The smallest absolute Gasteiger partial charge is 0.252 e. The van der Waals surface area contributed by atoms with E-state index in [0.717, 1.165) is 55.4 Å². The van der Waals surface area contributed by atoms with Crippen LogP contribution in [0.2, 0.25) is 0 Å². The molecule has 1 saturated heterocycles. The van der Waals surface area contributed by atoms with E-state index < -0.39 is 0 Å². The number of hydrogen-bond acceptors (Lipinski definition) is 3. The van der Waals surface area contributed by atoms with Crippen molar-refractivity contribution >= 4 is 16.7 Å². The normalized spacial score (nSPS) is 16.6. The Kier molecular flexibility index (Phi) is 5.26. The van der Waals surface area contributed by atoms with Crippen LogP contribution in [0.1, 0.15) is 23.2 Å². The Morgan fingerprint density at radius 1 is 1.17 bits per heavy atom. The van der Waals surface area contributed by atoms with E-state index in [1.54, 1.807) is 7.11 Å². The second-order valence-corrected chi connectivity index (χ2v) is 6.11. The summed E-state index contributed by atoms with van der Waals surface area (Å²) in [7, 11) is 1.73. The molecule has 0 unspecified atom stereocenters. The van der Waals surface area contributed by atoms with Crippen LogP contribution in [-0.4, -0.2) is 50.2 Å². The van der Waals surface area contributed by atoms with Gasteiger partial charge in [0.1, 0.15) is 0 Å². The number of hydrogen-bond donors (Lipinski definition) is 1. The van der Waals surface area contributed by atoms with Crippen molar-refractivity contribution in [2.75, 3.05) is 33.4 Å². The molecule has 1 heterocycles. The number of nitrogens with zero attached hydrogens (tertiary/aromatic N) is 1. The molecule has 2 aromatic rings. The molecule has 0 bridgehead atoms. The summed E-state index contributed by atoms with van der Waals surface area (Å²) in [6, 6.07) is 14.2. The van der Waals surface area contributed by atoms with E-state index in [9.17, 15) is 4.79 Å². The lowest BCUT2D eigenvalue weighted by Crippen LogP contribution is -2.45. The molecule has 3 rings (SSSR count). The minimum atomic E-state index is 0.0390. The summed E-state index contributed by atoms with van der Waals surface area (Å²) in [5, 5.41) is 5.33. The summed E-state index contributed by atoms with van der Waals surface area (Å²) >= 11 is 0. The zero-order valence-electron chi connectivity index (χ0n) is 13.6. The first-order valence-electron chi connectivity index (χ1n) is 8.28. The second-order valence-electron chi connectivity index (χ2n) is 6.11. The predicted octanol–water partition coefficient (Wildman–Crippen LogP) is 2.68. The number of benzene rings is 2. The fourth-order valence-electron chi connectivity index (χ4n) is 3.21. The van der Waals surface area contributed by atoms with Gasteiger partial charge in [-0.1, -0.05) is 36.4 Å². The summed E-state index contributed by atoms with van der Waals surface area (Å²) in [5.41, 5.74) is 0.768. The van der Waals surface area contributed by atoms with Crippen LogP contribution in [0.15, 0.2) is 42.5 Å². The molecular weight excluding hydrogens is 288 g/mol. The zero-order valence-corrected chi connectivity index (χ0v) is 13.6. The summed E-state index contributed by atoms with van der Waals surface area (Å²) in [5.74, 6) is 0.0390. The lowest BCUT2D eigenvalue weighted by atomic mass is 10.0. The van der Waals surface area contributed by atoms with Crippen LogP contribution >= 0.6 is 0 Å². The first-order valence-corrected chi connectivity index (χ1v) is 8.28. The van der Waals surface area contributed by atoms with Gasteiger partial charge in [-0.05, 0) is 29.7 Å². The van der Waals surface area contributed by atoms with Gasteiger partial charge >= 0.3 is 0 Å². The molecule has 4 heteroatoms. The fraction of sp³-hybridized carbons (Fsp3) is 0.421. The van der Waals surface area contributed by atoms with E-state index in [1.807, 2.05) is 42.5 Å². The van der Waals surface area contributed by atoms with E-state index in [2.05, 4.69) is 10.2 Å². The highest BCUT2D eigenvalue weighted by molar-refractivity contribution is 6.07. The quantitative estimate of drug-likeness (QED) is 0.923. The molecular formula is C19H24N2O2. The summed E-state index contributed by atoms with van der Waals surface area (Å²) in [6.07, 6.45) is 2.00. The minimum Gasteiger partial charge on any atom is -0.383 e. The Labute approximate surface area is 137 Å². The van der Waals surface area contributed by atoms with Gasteiger partial charge in [-0.25, -0.2) is 0 Å². The molecule has 4 nitrogen and oxygen atoms in total. The number of likely N-dealkylation sites (tertiary alicyclic amines) is 1. The molecule has 23 heavy (non-hydrogen) atoms. The monoisotopic (exact) mass is 312 g/mol. The van der Waals surface area contributed by atoms with E-state index in [-0.39, 0.29) is 11.9 Å². The van der Waals surface area contributed by atoms with Gasteiger partial charge in [0.2, 0.25) is 0 Å². The summed E-state index contributed by atoms with van der Waals surface area (Å²) < 4.78 is 5.12. The van der Waals surface area contributed by atoms with Gasteiger partial charge < -0.3 is 15.0 Å². The third-order valence-electron chi connectivity index (χ3n) is 4.57. The molecule has 1 aliphatic rings. The lowest BCUT2D eigenvalue weighted by Gasteiger charge is -2.32. The molecule has 1 N–H and O–H groups in total. The van der Waals surface area contributed by atoms with Crippen LogP contribution in [0.5, 0.6) is 0 Å². The maximum Gasteiger partial charge on any atom is 0.252 e. The van der Waals surface area contributed by atoms with Crippen molar-refractivity contribution in [3.8, 4) is 0 Å². The molecule has 122 valence electrons. The number of ether oxygens (including phenoxy) is 1. The average molecular weight is 312 g/mol. The maximum atomic E-state index is 12.6. The molecule has 1 aliphatic heterocycles. The number of piperidine rings is 1. The molecule has 0 aromatic heterocycles. The molecule has 0 radical (unpaired) electrons. The number of carbonyl (C=O) groups is 1. The molecule has 0 saturated carbocycles. The Balaban J connectivity index is 1.61. The number of nitrogens with one attached hydrogen (secondary N) is 1. The number of fused-ring (bicyclic) bond motifs is 1. The van der Waals surface area contributed by atoms with E-state index in [4.69, 9.17) is 4.74 Å². The number of carbonyl (C=O) groups excluding carboxylic acids is 1. The van der Waals surface area contributed by atoms with Gasteiger partial charge in [0, 0.05) is 38.3 Å². The highest BCUT2D eigenvalue weighted by Crippen LogP contribution is 2.19. The lowest BCUT2D eigenvalue weighted by molar-refractivity contribution is 0.0894. The van der Waals surface area contributed by atoms with Crippen molar-refractivity contribution < 1.29 is 9.53 Å². The van der Waals surface area contributed by atoms with Gasteiger partial charge in [0.15, 0.2) is 0 Å². The SMILES string of the molecule is COCCN1CCC(NC(=O)c2cccc3ccccc23)CC1. The molecule has 1 amide bonds. The Bertz CT molecular complexity index is 658. The Morgan fingerprint density at radius 3 is 2.70 bits per heavy atom. The highest BCUT2D eigenvalue weighted by atomic mass is 16.5. The third kappa shape index (κ3) is 3.89. The average Bonchev–Trinajstić information content (AvgIpc) is 2.60. The second kappa shape index (κ2) is 7.57. The topological polar surface area (TPSA) is 41.6 Å². The van der Waals surface area contributed by atoms with Crippen molar-refractivity contribution in [2.45, 2.75) is 18.9 Å². The van der Waals surface area contributed by atoms with Gasteiger partial charge in [-0.3, -0.25) is 4.79 Å². The first kappa shape index (κ1) is 16.0. The number of rotatable bonds is 5. The van der Waals surface area contributed by atoms with Crippen LogP contribution in [0.25, 0.3) is 10.8 Å². The van der Waals surface area contributed by atoms with E-state index in [0.29, 0.717) is 0 Å². The predicted molar refractivity (Wildman–Crippen MR) is 92.8 cm³/mol. The highest BCUT2D eigenvalue weighted by Gasteiger charge is 2.21. The summed E-state index contributed by atoms with van der Waals surface area (Å²) in [4.78, 5) is 15.0. The van der Waals surface area contributed by atoms with Crippen LogP contribution in [-0.2, 0) is 4.74 Å². The van der Waals surface area contributed by atoms with Crippen molar-refractivity contribution in [2.24, 2.45) is 0 Å². The van der Waals surface area contributed by atoms with E-state index in [1.165, 1.54) is 0 Å². The van der Waals surface area contributed by atoms with Gasteiger partial charge in [-0.2, -0.15) is 0 Å². The van der Waals surface area contributed by atoms with Crippen molar-refractivity contribution in [1.82, 2.24) is 10.2 Å². The standard InChI is InChI=1S/C19H24N2O2/c1-23-14-13-21-11-9-16(10-12-21)20-19(22)18-8-4-6-15-5-2-3-7-17(15)18/h2-8,16H,9-14H2,1H3,(H,20,22). The van der Waals surface area contributed by atoms with Crippen LogP contribution in [0.3, 0.4) is 0 Å². The minimum absolute atomic E-state index is 0.0390. The van der Waals surface area contributed by atoms with Crippen LogP contribution in [0, 0.1) is 0 Å². The van der Waals surface area contributed by atoms with E-state index >= 15 is 0 Å². The molecule has 0 atom stereocenters. The molecule has 0 spiro atoms. The van der Waals surface area contributed by atoms with Gasteiger partial charge in [0.25, 0.3) is 5.91 Å². The van der Waals surface area contributed by atoms with Gasteiger partial charge in [-0.15, -0.1) is 0 Å². The third-order valence-corrected chi connectivity index (χ3v) is 4.57. The van der Waals surface area contributed by atoms with Crippen molar-refractivity contribution in [3.05, 3.63) is 48.0 Å².